The lowest BCUT2D eigenvalue weighted by molar-refractivity contribution is 0.0956. The van der Waals surface area contributed by atoms with Crippen molar-refractivity contribution in [2.75, 3.05) is 12.3 Å². The minimum Gasteiger partial charge on any atom is -0.384 e. The highest BCUT2D eigenvalue weighted by Gasteiger charge is 2.24. The molecule has 4 rings (SSSR count). The Labute approximate surface area is 171 Å². The number of rotatable bonds is 6. The fraction of sp³-hybridized carbons (Fsp3) is 0.435. The molecule has 0 fully saturated rings. The van der Waals surface area contributed by atoms with E-state index in [-0.39, 0.29) is 5.91 Å². The van der Waals surface area contributed by atoms with Crippen molar-refractivity contribution < 1.29 is 4.79 Å². The minimum atomic E-state index is -0.170. The SMILES string of the molecule is CC(C)Cn1c(N)c(C(=O)NCCC2=CCCCC2)c2nc3ccccc3nc21. The molecule has 0 aliphatic heterocycles. The van der Waals surface area contributed by atoms with Gasteiger partial charge >= 0.3 is 0 Å². The first-order valence-electron chi connectivity index (χ1n) is 10.5. The molecule has 0 radical (unpaired) electrons. The third-order valence-corrected chi connectivity index (χ3v) is 5.48. The molecular weight excluding hydrogens is 362 g/mol. The first-order valence-corrected chi connectivity index (χ1v) is 10.5. The van der Waals surface area contributed by atoms with Gasteiger partial charge in [0.1, 0.15) is 16.9 Å². The number of allylic oxidation sites excluding steroid dienone is 1. The highest BCUT2D eigenvalue weighted by Crippen LogP contribution is 2.28. The van der Waals surface area contributed by atoms with E-state index >= 15 is 0 Å². The summed E-state index contributed by atoms with van der Waals surface area (Å²) in [6.45, 7) is 5.55. The predicted molar refractivity (Wildman–Crippen MR) is 118 cm³/mol. The predicted octanol–water partition coefficient (Wildman–Crippen LogP) is 4.44. The molecule has 6 heteroatoms. The summed E-state index contributed by atoms with van der Waals surface area (Å²) in [4.78, 5) is 22.6. The number of anilines is 1. The summed E-state index contributed by atoms with van der Waals surface area (Å²) in [5, 5.41) is 3.05. The maximum absolute atomic E-state index is 13.1. The molecule has 0 saturated carbocycles. The van der Waals surface area contributed by atoms with Crippen LogP contribution in [0.1, 0.15) is 56.3 Å². The van der Waals surface area contributed by atoms with E-state index in [2.05, 4.69) is 25.2 Å². The fourth-order valence-electron chi connectivity index (χ4n) is 4.05. The Morgan fingerprint density at radius 2 is 1.97 bits per heavy atom. The van der Waals surface area contributed by atoms with Crippen LogP contribution in [0.4, 0.5) is 5.82 Å². The summed E-state index contributed by atoms with van der Waals surface area (Å²) in [5.74, 6) is 0.643. The largest absolute Gasteiger partial charge is 0.384 e. The van der Waals surface area contributed by atoms with Gasteiger partial charge in [-0.1, -0.05) is 37.6 Å². The molecule has 3 N–H and O–H groups in total. The molecule has 1 amide bonds. The maximum Gasteiger partial charge on any atom is 0.257 e. The Morgan fingerprint density at radius 1 is 1.21 bits per heavy atom. The Bertz CT molecular complexity index is 1080. The first-order chi connectivity index (χ1) is 14.0. The molecule has 1 aromatic carbocycles. The summed E-state index contributed by atoms with van der Waals surface area (Å²) in [7, 11) is 0. The fourth-order valence-corrected chi connectivity index (χ4v) is 4.05. The van der Waals surface area contributed by atoms with Crippen molar-refractivity contribution in [2.24, 2.45) is 5.92 Å². The quantitative estimate of drug-likeness (QED) is 0.608. The Hall–Kier alpha value is -2.89. The van der Waals surface area contributed by atoms with Crippen LogP contribution in [-0.4, -0.2) is 27.0 Å². The number of carbonyl (C=O) groups is 1. The number of hydrogen-bond donors (Lipinski definition) is 2. The molecule has 0 spiro atoms. The van der Waals surface area contributed by atoms with E-state index in [1.807, 2.05) is 28.8 Å². The molecule has 152 valence electrons. The summed E-state index contributed by atoms with van der Waals surface area (Å²) in [5.41, 5.74) is 11.2. The van der Waals surface area contributed by atoms with Crippen LogP contribution < -0.4 is 11.1 Å². The van der Waals surface area contributed by atoms with Gasteiger partial charge < -0.3 is 15.6 Å². The molecule has 0 saturated heterocycles. The molecule has 1 aliphatic rings. The normalized spacial score (nSPS) is 14.5. The third kappa shape index (κ3) is 3.97. The lowest BCUT2D eigenvalue weighted by Gasteiger charge is -2.13. The Balaban J connectivity index is 1.68. The van der Waals surface area contributed by atoms with E-state index in [4.69, 9.17) is 15.7 Å². The zero-order chi connectivity index (χ0) is 20.4. The van der Waals surface area contributed by atoms with Crippen molar-refractivity contribution in [3.8, 4) is 0 Å². The Morgan fingerprint density at radius 3 is 2.66 bits per heavy atom. The van der Waals surface area contributed by atoms with Crippen LogP contribution in [0.3, 0.4) is 0 Å². The maximum atomic E-state index is 13.1. The van der Waals surface area contributed by atoms with Crippen molar-refractivity contribution >= 4 is 33.9 Å². The average molecular weight is 392 g/mol. The highest BCUT2D eigenvalue weighted by atomic mass is 16.1. The van der Waals surface area contributed by atoms with Crippen molar-refractivity contribution in [3.63, 3.8) is 0 Å². The number of fused-ring (bicyclic) bond motifs is 2. The van der Waals surface area contributed by atoms with Gasteiger partial charge in [0, 0.05) is 13.1 Å². The number of nitrogens with one attached hydrogen (secondary N) is 1. The second-order valence-electron chi connectivity index (χ2n) is 8.26. The molecule has 1 aliphatic carbocycles. The van der Waals surface area contributed by atoms with Gasteiger partial charge in [-0.3, -0.25) is 4.79 Å². The lowest BCUT2D eigenvalue weighted by Crippen LogP contribution is -2.26. The zero-order valence-electron chi connectivity index (χ0n) is 17.2. The van der Waals surface area contributed by atoms with E-state index in [0.29, 0.717) is 41.6 Å². The molecule has 3 aromatic rings. The lowest BCUT2D eigenvalue weighted by atomic mass is 9.97. The number of hydrogen-bond acceptors (Lipinski definition) is 4. The van der Waals surface area contributed by atoms with Crippen LogP contribution in [0, 0.1) is 5.92 Å². The zero-order valence-corrected chi connectivity index (χ0v) is 17.2. The molecule has 0 unspecified atom stereocenters. The van der Waals surface area contributed by atoms with Crippen LogP contribution in [0.25, 0.3) is 22.2 Å². The van der Waals surface area contributed by atoms with Crippen molar-refractivity contribution in [3.05, 3.63) is 41.5 Å². The molecule has 0 atom stereocenters. The number of aromatic nitrogens is 3. The molecular formula is C23H29N5O. The van der Waals surface area contributed by atoms with E-state index in [9.17, 15) is 4.79 Å². The van der Waals surface area contributed by atoms with Gasteiger partial charge in [0.2, 0.25) is 0 Å². The number of carbonyl (C=O) groups excluding carboxylic acids is 1. The van der Waals surface area contributed by atoms with Gasteiger partial charge in [-0.15, -0.1) is 0 Å². The average Bonchev–Trinajstić information content (AvgIpc) is 2.97. The number of nitrogens with zero attached hydrogens (tertiary/aromatic N) is 3. The summed E-state index contributed by atoms with van der Waals surface area (Å²) in [6, 6.07) is 7.71. The summed E-state index contributed by atoms with van der Waals surface area (Å²) < 4.78 is 1.93. The second-order valence-corrected chi connectivity index (χ2v) is 8.26. The van der Waals surface area contributed by atoms with E-state index in [0.717, 1.165) is 30.3 Å². The molecule has 2 heterocycles. The number of para-hydroxylation sites is 2. The second kappa shape index (κ2) is 8.23. The van der Waals surface area contributed by atoms with Gasteiger partial charge in [-0.25, -0.2) is 9.97 Å². The molecule has 2 aromatic heterocycles. The number of benzene rings is 1. The molecule has 0 bridgehead atoms. The number of nitrogen functional groups attached to an aromatic ring is 1. The van der Waals surface area contributed by atoms with Crippen molar-refractivity contribution in [1.29, 1.82) is 0 Å². The van der Waals surface area contributed by atoms with Crippen molar-refractivity contribution in [2.45, 2.75) is 52.5 Å². The van der Waals surface area contributed by atoms with Gasteiger partial charge in [0.05, 0.1) is 11.0 Å². The highest BCUT2D eigenvalue weighted by molar-refractivity contribution is 6.10. The third-order valence-electron chi connectivity index (χ3n) is 5.48. The minimum absolute atomic E-state index is 0.170. The van der Waals surface area contributed by atoms with E-state index < -0.39 is 0 Å². The van der Waals surface area contributed by atoms with Gasteiger partial charge in [-0.05, 0) is 50.2 Å². The smallest absolute Gasteiger partial charge is 0.257 e. The summed E-state index contributed by atoms with van der Waals surface area (Å²) >= 11 is 0. The van der Waals surface area contributed by atoms with E-state index in [1.54, 1.807) is 0 Å². The van der Waals surface area contributed by atoms with Crippen LogP contribution in [-0.2, 0) is 6.54 Å². The topological polar surface area (TPSA) is 85.8 Å². The number of nitrogens with two attached hydrogens (primary N) is 1. The van der Waals surface area contributed by atoms with Crippen LogP contribution in [0.5, 0.6) is 0 Å². The summed E-state index contributed by atoms with van der Waals surface area (Å²) in [6.07, 6.45) is 8.03. The standard InChI is InChI=1S/C23H29N5O/c1-15(2)14-28-21(24)19(23(29)25-13-12-16-8-4-3-5-9-16)20-22(28)27-18-11-7-6-10-17(18)26-20/h6-8,10-11,15H,3-5,9,12-14,24H2,1-2H3,(H,25,29). The number of amides is 1. The molecule has 29 heavy (non-hydrogen) atoms. The van der Waals surface area contributed by atoms with Crippen molar-refractivity contribution in [1.82, 2.24) is 19.9 Å². The van der Waals surface area contributed by atoms with E-state index in [1.165, 1.54) is 18.4 Å². The van der Waals surface area contributed by atoms with Crippen LogP contribution >= 0.6 is 0 Å². The molecule has 6 nitrogen and oxygen atoms in total. The first kappa shape index (κ1) is 19.4. The van der Waals surface area contributed by atoms with Crippen LogP contribution in [0.15, 0.2) is 35.9 Å². The van der Waals surface area contributed by atoms with Gasteiger partial charge in [0.15, 0.2) is 5.65 Å². The van der Waals surface area contributed by atoms with Gasteiger partial charge in [0.25, 0.3) is 5.91 Å². The Kier molecular flexibility index (Phi) is 5.51. The monoisotopic (exact) mass is 391 g/mol. The van der Waals surface area contributed by atoms with Crippen LogP contribution in [0.2, 0.25) is 0 Å². The van der Waals surface area contributed by atoms with Gasteiger partial charge in [-0.2, -0.15) is 0 Å².